The van der Waals surface area contributed by atoms with Crippen LogP contribution in [0.1, 0.15) is 54.9 Å². The molecule has 2 bridgehead atoms. The molecular formula is C17H23NO2. The third-order valence-electron chi connectivity index (χ3n) is 4.81. The van der Waals surface area contributed by atoms with E-state index in [4.69, 9.17) is 4.74 Å². The lowest BCUT2D eigenvalue weighted by molar-refractivity contribution is -0.00715. The van der Waals surface area contributed by atoms with Crippen LogP contribution in [0.3, 0.4) is 0 Å². The SMILES string of the molecule is CCC(C)c1ccc(C(=O)N2C3CCC2COC3)cc1. The Bertz CT molecular complexity index is 466. The molecule has 2 heterocycles. The van der Waals surface area contributed by atoms with Crippen molar-refractivity contribution in [2.45, 2.75) is 51.1 Å². The summed E-state index contributed by atoms with van der Waals surface area (Å²) in [7, 11) is 0. The fourth-order valence-corrected chi connectivity index (χ4v) is 3.30. The number of amides is 1. The van der Waals surface area contributed by atoms with Crippen LogP contribution in [0.25, 0.3) is 0 Å². The van der Waals surface area contributed by atoms with Gasteiger partial charge in [0, 0.05) is 5.56 Å². The Morgan fingerprint density at radius 1 is 1.25 bits per heavy atom. The Morgan fingerprint density at radius 3 is 2.40 bits per heavy atom. The molecule has 0 N–H and O–H groups in total. The molecule has 1 aromatic carbocycles. The molecule has 3 nitrogen and oxygen atoms in total. The molecule has 1 amide bonds. The number of ether oxygens (including phenoxy) is 1. The minimum atomic E-state index is 0.177. The molecule has 20 heavy (non-hydrogen) atoms. The summed E-state index contributed by atoms with van der Waals surface area (Å²) in [5.41, 5.74) is 2.13. The Labute approximate surface area is 120 Å². The van der Waals surface area contributed by atoms with E-state index >= 15 is 0 Å². The monoisotopic (exact) mass is 273 g/mol. The molecule has 0 aliphatic carbocycles. The van der Waals surface area contributed by atoms with E-state index in [0.29, 0.717) is 19.1 Å². The summed E-state index contributed by atoms with van der Waals surface area (Å²) in [6.07, 6.45) is 3.30. The first-order chi connectivity index (χ1) is 9.70. The number of fused-ring (bicyclic) bond motifs is 2. The van der Waals surface area contributed by atoms with Gasteiger partial charge in [0.2, 0.25) is 0 Å². The zero-order valence-electron chi connectivity index (χ0n) is 12.3. The van der Waals surface area contributed by atoms with Crippen LogP contribution in [0.15, 0.2) is 24.3 Å². The molecule has 2 saturated heterocycles. The maximum absolute atomic E-state index is 12.7. The number of carbonyl (C=O) groups is 1. The van der Waals surface area contributed by atoms with Crippen molar-refractivity contribution in [1.82, 2.24) is 4.90 Å². The Morgan fingerprint density at radius 2 is 1.85 bits per heavy atom. The number of carbonyl (C=O) groups excluding carboxylic acids is 1. The average Bonchev–Trinajstić information content (AvgIpc) is 2.75. The van der Waals surface area contributed by atoms with Gasteiger partial charge in [-0.2, -0.15) is 0 Å². The lowest BCUT2D eigenvalue weighted by Crippen LogP contribution is -2.49. The smallest absolute Gasteiger partial charge is 0.254 e. The van der Waals surface area contributed by atoms with E-state index in [9.17, 15) is 4.79 Å². The zero-order chi connectivity index (χ0) is 14.1. The molecule has 0 spiro atoms. The van der Waals surface area contributed by atoms with Crippen LogP contribution in [-0.4, -0.2) is 36.1 Å². The van der Waals surface area contributed by atoms with Crippen LogP contribution in [0, 0.1) is 0 Å². The van der Waals surface area contributed by atoms with Crippen LogP contribution >= 0.6 is 0 Å². The van der Waals surface area contributed by atoms with Gasteiger partial charge in [0.05, 0.1) is 25.3 Å². The molecular weight excluding hydrogens is 250 g/mol. The highest BCUT2D eigenvalue weighted by molar-refractivity contribution is 5.95. The fraction of sp³-hybridized carbons (Fsp3) is 0.588. The summed E-state index contributed by atoms with van der Waals surface area (Å²) >= 11 is 0. The van der Waals surface area contributed by atoms with E-state index in [0.717, 1.165) is 24.8 Å². The molecule has 3 heteroatoms. The van der Waals surface area contributed by atoms with Gasteiger partial charge in [-0.25, -0.2) is 0 Å². The number of rotatable bonds is 3. The highest BCUT2D eigenvalue weighted by Crippen LogP contribution is 2.30. The second-order valence-electron chi connectivity index (χ2n) is 6.07. The third kappa shape index (κ3) is 2.35. The van der Waals surface area contributed by atoms with Gasteiger partial charge >= 0.3 is 0 Å². The predicted molar refractivity (Wildman–Crippen MR) is 78.9 cm³/mol. The summed E-state index contributed by atoms with van der Waals surface area (Å²) < 4.78 is 5.54. The molecule has 108 valence electrons. The highest BCUT2D eigenvalue weighted by Gasteiger charge is 2.40. The van der Waals surface area contributed by atoms with E-state index < -0.39 is 0 Å². The van der Waals surface area contributed by atoms with Crippen LogP contribution in [0.4, 0.5) is 0 Å². The molecule has 3 atom stereocenters. The van der Waals surface area contributed by atoms with Crippen molar-refractivity contribution in [3.63, 3.8) is 0 Å². The van der Waals surface area contributed by atoms with Crippen molar-refractivity contribution in [3.05, 3.63) is 35.4 Å². The van der Waals surface area contributed by atoms with E-state index in [2.05, 4.69) is 30.9 Å². The number of hydrogen-bond acceptors (Lipinski definition) is 2. The molecule has 3 unspecified atom stereocenters. The molecule has 0 radical (unpaired) electrons. The zero-order valence-corrected chi connectivity index (χ0v) is 12.3. The van der Waals surface area contributed by atoms with E-state index in [1.165, 1.54) is 5.56 Å². The highest BCUT2D eigenvalue weighted by atomic mass is 16.5. The summed E-state index contributed by atoms with van der Waals surface area (Å²) in [5, 5.41) is 0. The van der Waals surface area contributed by atoms with Crippen molar-refractivity contribution in [1.29, 1.82) is 0 Å². The van der Waals surface area contributed by atoms with Gasteiger partial charge < -0.3 is 9.64 Å². The summed E-state index contributed by atoms with van der Waals surface area (Å²) in [6, 6.07) is 8.75. The third-order valence-corrected chi connectivity index (χ3v) is 4.81. The van der Waals surface area contributed by atoms with Crippen LogP contribution in [0.5, 0.6) is 0 Å². The number of hydrogen-bond donors (Lipinski definition) is 0. The maximum Gasteiger partial charge on any atom is 0.254 e. The van der Waals surface area contributed by atoms with Crippen molar-refractivity contribution >= 4 is 5.91 Å². The van der Waals surface area contributed by atoms with Gasteiger partial charge in [0.15, 0.2) is 0 Å². The predicted octanol–water partition coefficient (Wildman–Crippen LogP) is 3.20. The minimum absolute atomic E-state index is 0.177. The van der Waals surface area contributed by atoms with Crippen molar-refractivity contribution in [2.75, 3.05) is 13.2 Å². The Balaban J connectivity index is 1.77. The Kier molecular flexibility index (Phi) is 3.79. The lowest BCUT2D eigenvalue weighted by Gasteiger charge is -2.34. The van der Waals surface area contributed by atoms with Crippen LogP contribution in [-0.2, 0) is 4.74 Å². The first kappa shape index (κ1) is 13.6. The van der Waals surface area contributed by atoms with Crippen molar-refractivity contribution in [3.8, 4) is 0 Å². The van der Waals surface area contributed by atoms with Gasteiger partial charge in [0.25, 0.3) is 5.91 Å². The second-order valence-corrected chi connectivity index (χ2v) is 6.07. The summed E-state index contributed by atoms with van der Waals surface area (Å²) in [4.78, 5) is 14.7. The minimum Gasteiger partial charge on any atom is -0.377 e. The molecule has 1 aromatic rings. The largest absolute Gasteiger partial charge is 0.377 e. The topological polar surface area (TPSA) is 29.5 Å². The molecule has 2 aliphatic rings. The van der Waals surface area contributed by atoms with Gasteiger partial charge in [-0.1, -0.05) is 26.0 Å². The summed E-state index contributed by atoms with van der Waals surface area (Å²) in [6.45, 7) is 5.81. The quantitative estimate of drug-likeness (QED) is 0.846. The van der Waals surface area contributed by atoms with Crippen molar-refractivity contribution in [2.24, 2.45) is 0 Å². The number of nitrogens with zero attached hydrogens (tertiary/aromatic N) is 1. The van der Waals surface area contributed by atoms with Gasteiger partial charge in [-0.3, -0.25) is 4.79 Å². The fourth-order valence-electron chi connectivity index (χ4n) is 3.30. The first-order valence-corrected chi connectivity index (χ1v) is 7.71. The van der Waals surface area contributed by atoms with Gasteiger partial charge in [0.1, 0.15) is 0 Å². The van der Waals surface area contributed by atoms with Crippen LogP contribution in [0.2, 0.25) is 0 Å². The normalized spacial score (nSPS) is 26.6. The van der Waals surface area contributed by atoms with E-state index in [-0.39, 0.29) is 18.0 Å². The van der Waals surface area contributed by atoms with Gasteiger partial charge in [-0.05, 0) is 42.9 Å². The van der Waals surface area contributed by atoms with Crippen molar-refractivity contribution < 1.29 is 9.53 Å². The number of benzene rings is 1. The standard InChI is InChI=1S/C17H23NO2/c1-3-12(2)13-4-6-14(7-5-13)17(19)18-15-8-9-16(18)11-20-10-15/h4-7,12,15-16H,3,8-11H2,1-2H3. The second kappa shape index (κ2) is 5.57. The first-order valence-electron chi connectivity index (χ1n) is 7.71. The van der Waals surface area contributed by atoms with Crippen LogP contribution < -0.4 is 0 Å². The maximum atomic E-state index is 12.7. The van der Waals surface area contributed by atoms with E-state index in [1.807, 2.05) is 12.1 Å². The lowest BCUT2D eigenvalue weighted by atomic mass is 9.97. The molecule has 0 saturated carbocycles. The molecule has 0 aromatic heterocycles. The summed E-state index contributed by atoms with van der Waals surface area (Å²) in [5.74, 6) is 0.732. The van der Waals surface area contributed by atoms with E-state index in [1.54, 1.807) is 0 Å². The molecule has 2 aliphatic heterocycles. The molecule has 3 rings (SSSR count). The van der Waals surface area contributed by atoms with Gasteiger partial charge in [-0.15, -0.1) is 0 Å². The number of morpholine rings is 1. The average molecular weight is 273 g/mol. The Hall–Kier alpha value is -1.35. The molecule has 2 fully saturated rings.